The fraction of sp³-hybridized carbons (Fsp3) is 0.923. The molecule has 106 valence electrons. The Hall–Kier alpha value is -0.650. The van der Waals surface area contributed by atoms with Crippen LogP contribution in [0, 0.1) is 0 Å². The number of nitrogens with one attached hydrogen (secondary N) is 1. The van der Waals surface area contributed by atoms with Gasteiger partial charge in [-0.25, -0.2) is 0 Å². The minimum Gasteiger partial charge on any atom is -0.350 e. The van der Waals surface area contributed by atoms with Crippen LogP contribution in [0.4, 0.5) is 0 Å². The van der Waals surface area contributed by atoms with Crippen LogP contribution in [0.1, 0.15) is 27.7 Å². The fourth-order valence-corrected chi connectivity index (χ4v) is 2.37. The van der Waals surface area contributed by atoms with Crippen LogP contribution < -0.4 is 11.1 Å². The molecule has 0 radical (unpaired) electrons. The number of amides is 1. The Morgan fingerprint density at radius 1 is 1.44 bits per heavy atom. The standard InChI is InChI=1S/C13H28N4O/c1-10(12(18)15-13(2,3)4)17-7-6-16(5)9-11(17)8-14/h10-11H,6-9,14H2,1-5H3,(H,15,18). The van der Waals surface area contributed by atoms with Crippen molar-refractivity contribution in [1.82, 2.24) is 15.1 Å². The van der Waals surface area contributed by atoms with E-state index in [0.717, 1.165) is 19.6 Å². The smallest absolute Gasteiger partial charge is 0.237 e. The Morgan fingerprint density at radius 2 is 2.06 bits per heavy atom. The van der Waals surface area contributed by atoms with E-state index in [2.05, 4.69) is 22.2 Å². The summed E-state index contributed by atoms with van der Waals surface area (Å²) in [6, 6.07) is 0.149. The largest absolute Gasteiger partial charge is 0.350 e. The van der Waals surface area contributed by atoms with Gasteiger partial charge in [0.25, 0.3) is 0 Å². The van der Waals surface area contributed by atoms with Crippen molar-refractivity contribution in [2.45, 2.75) is 45.3 Å². The molecule has 3 N–H and O–H groups in total. The van der Waals surface area contributed by atoms with Crippen molar-refractivity contribution >= 4 is 5.91 Å². The van der Waals surface area contributed by atoms with Gasteiger partial charge in [0.05, 0.1) is 6.04 Å². The number of nitrogens with two attached hydrogens (primary N) is 1. The van der Waals surface area contributed by atoms with Crippen molar-refractivity contribution in [1.29, 1.82) is 0 Å². The molecule has 5 nitrogen and oxygen atoms in total. The van der Waals surface area contributed by atoms with Crippen molar-refractivity contribution < 1.29 is 4.79 Å². The summed E-state index contributed by atoms with van der Waals surface area (Å²) in [6.07, 6.45) is 0. The molecule has 1 aliphatic heterocycles. The molecule has 2 atom stereocenters. The number of nitrogens with zero attached hydrogens (tertiary/aromatic N) is 2. The summed E-state index contributed by atoms with van der Waals surface area (Å²) in [5, 5.41) is 3.04. The normalized spacial score (nSPS) is 24.9. The number of likely N-dealkylation sites (N-methyl/N-ethyl adjacent to an activating group) is 1. The second-order valence-electron chi connectivity index (χ2n) is 6.30. The van der Waals surface area contributed by atoms with Crippen molar-refractivity contribution in [3.63, 3.8) is 0 Å². The minimum absolute atomic E-state index is 0.0884. The summed E-state index contributed by atoms with van der Waals surface area (Å²) < 4.78 is 0. The van der Waals surface area contributed by atoms with Gasteiger partial charge < -0.3 is 16.0 Å². The molecule has 2 unspecified atom stereocenters. The van der Waals surface area contributed by atoms with Crippen LogP contribution in [0.25, 0.3) is 0 Å². The first-order valence-corrected chi connectivity index (χ1v) is 6.71. The molecule has 0 aromatic heterocycles. The fourth-order valence-electron chi connectivity index (χ4n) is 2.37. The lowest BCUT2D eigenvalue weighted by Gasteiger charge is -2.42. The average Bonchev–Trinajstić information content (AvgIpc) is 2.25. The van der Waals surface area contributed by atoms with Gasteiger partial charge in [0.15, 0.2) is 0 Å². The Morgan fingerprint density at radius 3 is 2.56 bits per heavy atom. The maximum absolute atomic E-state index is 12.2. The number of carbonyl (C=O) groups excluding carboxylic acids is 1. The number of hydrogen-bond donors (Lipinski definition) is 2. The zero-order valence-electron chi connectivity index (χ0n) is 12.4. The highest BCUT2D eigenvalue weighted by Crippen LogP contribution is 2.13. The van der Waals surface area contributed by atoms with Crippen LogP contribution in [0.15, 0.2) is 0 Å². The summed E-state index contributed by atoms with van der Waals surface area (Å²) in [6.45, 7) is 11.4. The molecule has 0 aliphatic carbocycles. The molecule has 1 fully saturated rings. The summed E-state index contributed by atoms with van der Waals surface area (Å²) in [7, 11) is 2.10. The number of rotatable bonds is 3. The maximum atomic E-state index is 12.2. The van der Waals surface area contributed by atoms with E-state index in [4.69, 9.17) is 5.73 Å². The van der Waals surface area contributed by atoms with Crippen molar-refractivity contribution in [3.05, 3.63) is 0 Å². The lowest BCUT2D eigenvalue weighted by atomic mass is 10.1. The van der Waals surface area contributed by atoms with E-state index in [-0.39, 0.29) is 23.5 Å². The molecule has 1 amide bonds. The zero-order chi connectivity index (χ0) is 13.9. The van der Waals surface area contributed by atoms with Crippen molar-refractivity contribution in [2.75, 3.05) is 33.2 Å². The lowest BCUT2D eigenvalue weighted by molar-refractivity contribution is -0.129. The third kappa shape index (κ3) is 4.23. The molecular weight excluding hydrogens is 228 g/mol. The molecule has 1 rings (SSSR count). The van der Waals surface area contributed by atoms with E-state index in [1.807, 2.05) is 27.7 Å². The van der Waals surface area contributed by atoms with Crippen LogP contribution in [0.3, 0.4) is 0 Å². The van der Waals surface area contributed by atoms with Crippen molar-refractivity contribution in [3.8, 4) is 0 Å². The number of piperazine rings is 1. The van der Waals surface area contributed by atoms with Gasteiger partial charge in [-0.3, -0.25) is 9.69 Å². The molecule has 0 spiro atoms. The molecule has 0 bridgehead atoms. The van der Waals surface area contributed by atoms with Gasteiger partial charge in [-0.05, 0) is 34.7 Å². The maximum Gasteiger partial charge on any atom is 0.237 e. The van der Waals surface area contributed by atoms with E-state index in [9.17, 15) is 4.79 Å². The van der Waals surface area contributed by atoms with Gasteiger partial charge in [0.1, 0.15) is 0 Å². The quantitative estimate of drug-likeness (QED) is 0.738. The zero-order valence-corrected chi connectivity index (χ0v) is 12.4. The highest BCUT2D eigenvalue weighted by molar-refractivity contribution is 5.82. The highest BCUT2D eigenvalue weighted by Gasteiger charge is 2.32. The van der Waals surface area contributed by atoms with Crippen LogP contribution in [-0.2, 0) is 4.79 Å². The molecule has 5 heteroatoms. The van der Waals surface area contributed by atoms with Gasteiger partial charge in [0, 0.05) is 37.8 Å². The summed E-state index contributed by atoms with van der Waals surface area (Å²) in [4.78, 5) is 16.7. The van der Waals surface area contributed by atoms with Gasteiger partial charge in [-0.1, -0.05) is 0 Å². The first kappa shape index (κ1) is 15.4. The molecule has 18 heavy (non-hydrogen) atoms. The van der Waals surface area contributed by atoms with E-state index < -0.39 is 0 Å². The second kappa shape index (κ2) is 5.99. The topological polar surface area (TPSA) is 61.6 Å². The SMILES string of the molecule is CC(C(=O)NC(C)(C)C)N1CCN(C)CC1CN. The molecule has 0 aromatic rings. The van der Waals surface area contributed by atoms with Crippen LogP contribution in [0.5, 0.6) is 0 Å². The molecule has 1 saturated heterocycles. The first-order valence-electron chi connectivity index (χ1n) is 6.71. The second-order valence-corrected chi connectivity index (χ2v) is 6.30. The average molecular weight is 256 g/mol. The van der Waals surface area contributed by atoms with Gasteiger partial charge in [0.2, 0.25) is 5.91 Å². The monoisotopic (exact) mass is 256 g/mol. The molecule has 0 saturated carbocycles. The summed E-state index contributed by atoms with van der Waals surface area (Å²) in [5.41, 5.74) is 5.64. The Kier molecular flexibility index (Phi) is 5.13. The molecule has 1 aliphatic rings. The van der Waals surface area contributed by atoms with E-state index in [1.54, 1.807) is 0 Å². The minimum atomic E-state index is -0.184. The number of hydrogen-bond acceptors (Lipinski definition) is 4. The van der Waals surface area contributed by atoms with E-state index in [1.165, 1.54) is 0 Å². The predicted octanol–water partition coefficient (Wildman–Crippen LogP) is -0.136. The van der Waals surface area contributed by atoms with Crippen LogP contribution in [0.2, 0.25) is 0 Å². The third-order valence-corrected chi connectivity index (χ3v) is 3.38. The predicted molar refractivity (Wildman–Crippen MR) is 74.4 cm³/mol. The summed E-state index contributed by atoms with van der Waals surface area (Å²) >= 11 is 0. The van der Waals surface area contributed by atoms with Gasteiger partial charge in [-0.15, -0.1) is 0 Å². The Labute approximate surface area is 111 Å². The number of carbonyl (C=O) groups is 1. The Balaban J connectivity index is 2.64. The van der Waals surface area contributed by atoms with E-state index in [0.29, 0.717) is 6.54 Å². The van der Waals surface area contributed by atoms with Gasteiger partial charge >= 0.3 is 0 Å². The van der Waals surface area contributed by atoms with Crippen molar-refractivity contribution in [2.24, 2.45) is 5.73 Å². The van der Waals surface area contributed by atoms with Crippen LogP contribution in [-0.4, -0.2) is 66.6 Å². The lowest BCUT2D eigenvalue weighted by Crippen LogP contribution is -2.61. The first-order chi connectivity index (χ1) is 8.24. The van der Waals surface area contributed by atoms with Gasteiger partial charge in [-0.2, -0.15) is 0 Å². The van der Waals surface area contributed by atoms with E-state index >= 15 is 0 Å². The third-order valence-electron chi connectivity index (χ3n) is 3.38. The van der Waals surface area contributed by atoms with Crippen LogP contribution >= 0.6 is 0 Å². The molecule has 1 heterocycles. The summed E-state index contributed by atoms with van der Waals surface area (Å²) in [5.74, 6) is 0.0884. The Bertz CT molecular complexity index is 287. The molecule has 0 aromatic carbocycles. The molecular formula is C13H28N4O. The highest BCUT2D eigenvalue weighted by atomic mass is 16.2.